The number of guanidine groups is 1. The largest absolute Gasteiger partial charge is 0.370 e. The molecule has 12 N–H and O–H groups in total. The number of H-pyrrole nitrogens is 1. The molecule has 1 heterocycles. The monoisotopic (exact) mass is 854 g/mol. The zero-order valence-electron chi connectivity index (χ0n) is 34.2. The third-order valence-electron chi connectivity index (χ3n) is 10.7. The first-order valence-electron chi connectivity index (χ1n) is 20.5. The highest BCUT2D eigenvalue weighted by Crippen LogP contribution is 2.34. The first kappa shape index (κ1) is 45.7. The molecule has 1 aliphatic rings. The van der Waals surface area contributed by atoms with E-state index in [0.29, 0.717) is 17.9 Å². The van der Waals surface area contributed by atoms with Gasteiger partial charge < -0.3 is 48.8 Å². The molecule has 5 rings (SSSR count). The Morgan fingerprint density at radius 2 is 1.52 bits per heavy atom. The summed E-state index contributed by atoms with van der Waals surface area (Å²) < 4.78 is 0. The smallest absolute Gasteiger partial charge is 0.246 e. The Kier molecular flexibility index (Phi) is 16.3. The third kappa shape index (κ3) is 12.8. The molecule has 324 valence electrons. The molecule has 4 aromatic rings. The van der Waals surface area contributed by atoms with Crippen LogP contribution < -0.4 is 43.8 Å². The van der Waals surface area contributed by atoms with E-state index in [-0.39, 0.29) is 63.4 Å². The predicted octanol–water partition coefficient (Wildman–Crippen LogP) is 1.95. The summed E-state index contributed by atoms with van der Waals surface area (Å²) in [6.07, 6.45) is 4.53. The molecule has 0 bridgehead atoms. The molecule has 0 aliphatic heterocycles. The number of nitrogens with two attached hydrogens (primary N) is 3. The van der Waals surface area contributed by atoms with Crippen LogP contribution >= 0.6 is 11.6 Å². The van der Waals surface area contributed by atoms with Crippen LogP contribution in [0.3, 0.4) is 0 Å². The fraction of sp³-hybridized carbons (Fsp3) is 0.386. The average Bonchev–Trinajstić information content (AvgIpc) is 3.65. The molecule has 0 spiro atoms. The van der Waals surface area contributed by atoms with Gasteiger partial charge >= 0.3 is 0 Å². The standard InChI is InChI=1S/C44H55ClN10O6/c1-2-3-18-38(57)55-44(20-19-30-28(24-44)13-9-15-32(30)45)42(61)54-35(22-27-11-5-4-6-12-27)41(60)52-34(17-10-21-49-43(47)48)40(59)53-36(39(58)51-26-37(46)56)23-29-25-50-33-16-8-7-14-31(29)33/h4-9,11-16,25,34-36,50H,2-3,10,17-24,26H2,1H3,(H2,46,56)(H,51,58)(H,52,60)(H,53,59)(H,54,61)(H,55,57)(H4,47,48,49)/t34-,35+,36-,44-/m0/s1. The van der Waals surface area contributed by atoms with E-state index in [9.17, 15) is 28.8 Å². The molecule has 16 nitrogen and oxygen atoms in total. The van der Waals surface area contributed by atoms with Gasteiger partial charge in [-0.05, 0) is 66.5 Å². The lowest BCUT2D eigenvalue weighted by atomic mass is 9.76. The quantitative estimate of drug-likeness (QED) is 0.0339. The summed E-state index contributed by atoms with van der Waals surface area (Å²) >= 11 is 6.54. The minimum absolute atomic E-state index is 0.0299. The van der Waals surface area contributed by atoms with Crippen LogP contribution in [0, 0.1) is 0 Å². The van der Waals surface area contributed by atoms with Crippen molar-refractivity contribution in [2.75, 3.05) is 13.1 Å². The summed E-state index contributed by atoms with van der Waals surface area (Å²) in [5.41, 5.74) is 19.0. The lowest BCUT2D eigenvalue weighted by Gasteiger charge is -2.39. The van der Waals surface area contributed by atoms with Gasteiger partial charge in [0.25, 0.3) is 0 Å². The molecule has 0 unspecified atom stereocenters. The van der Waals surface area contributed by atoms with Gasteiger partial charge in [-0.25, -0.2) is 0 Å². The Morgan fingerprint density at radius 3 is 2.26 bits per heavy atom. The molecular weight excluding hydrogens is 800 g/mol. The number of hydrogen-bond acceptors (Lipinski definition) is 7. The number of aliphatic imine (C=N–C) groups is 1. The summed E-state index contributed by atoms with van der Waals surface area (Å²) in [5, 5.41) is 15.4. The van der Waals surface area contributed by atoms with E-state index >= 15 is 0 Å². The number of carbonyl (C=O) groups excluding carboxylic acids is 6. The van der Waals surface area contributed by atoms with Gasteiger partial charge in [-0.2, -0.15) is 0 Å². The highest BCUT2D eigenvalue weighted by atomic mass is 35.5. The highest BCUT2D eigenvalue weighted by Gasteiger charge is 2.44. The normalized spacial score (nSPS) is 15.9. The van der Waals surface area contributed by atoms with E-state index in [4.69, 9.17) is 28.8 Å². The van der Waals surface area contributed by atoms with E-state index < -0.39 is 59.7 Å². The van der Waals surface area contributed by atoms with Crippen LogP contribution in [0.15, 0.2) is 84.0 Å². The lowest BCUT2D eigenvalue weighted by Crippen LogP contribution is -2.65. The van der Waals surface area contributed by atoms with Crippen LogP contribution in [0.5, 0.6) is 0 Å². The minimum atomic E-state index is -1.40. The molecule has 6 amide bonds. The van der Waals surface area contributed by atoms with Crippen LogP contribution in [0.4, 0.5) is 0 Å². The number of aromatic nitrogens is 1. The summed E-state index contributed by atoms with van der Waals surface area (Å²) in [5.74, 6) is -3.82. The Balaban J connectivity index is 1.44. The summed E-state index contributed by atoms with van der Waals surface area (Å²) in [7, 11) is 0. The second kappa shape index (κ2) is 21.7. The van der Waals surface area contributed by atoms with Crippen LogP contribution in [0.2, 0.25) is 5.02 Å². The van der Waals surface area contributed by atoms with Crippen molar-refractivity contribution in [3.05, 3.63) is 106 Å². The maximum Gasteiger partial charge on any atom is 0.246 e. The second-order valence-electron chi connectivity index (χ2n) is 15.3. The van der Waals surface area contributed by atoms with Crippen LogP contribution in [0.25, 0.3) is 10.9 Å². The number of nitrogens with one attached hydrogen (secondary N) is 6. The SMILES string of the molecule is CCCCC(=O)N[C@@]1(C(=O)N[C@H](Cc2ccccc2)C(=O)N[C@@H](CCCN=C(N)N)C(=O)N[C@@H](Cc2c[nH]c3ccccc23)C(=O)NCC(N)=O)CCc2c(Cl)cccc2C1. The van der Waals surface area contributed by atoms with Gasteiger partial charge in [-0.15, -0.1) is 0 Å². The van der Waals surface area contributed by atoms with E-state index in [1.807, 2.05) is 55.5 Å². The molecule has 0 radical (unpaired) electrons. The number of aromatic amines is 1. The average molecular weight is 855 g/mol. The zero-order chi connectivity index (χ0) is 43.9. The molecular formula is C44H55ClN10O6. The van der Waals surface area contributed by atoms with Gasteiger partial charge in [0.05, 0.1) is 6.54 Å². The number of fused-ring (bicyclic) bond motifs is 2. The van der Waals surface area contributed by atoms with Gasteiger partial charge in [-0.1, -0.05) is 85.6 Å². The van der Waals surface area contributed by atoms with Gasteiger partial charge in [0.1, 0.15) is 23.7 Å². The summed E-state index contributed by atoms with van der Waals surface area (Å²) in [4.78, 5) is 89.0. The second-order valence-corrected chi connectivity index (χ2v) is 15.7. The molecule has 17 heteroatoms. The fourth-order valence-corrected chi connectivity index (χ4v) is 7.81. The van der Waals surface area contributed by atoms with Crippen molar-refractivity contribution < 1.29 is 28.8 Å². The van der Waals surface area contributed by atoms with Crippen molar-refractivity contribution in [3.8, 4) is 0 Å². The molecule has 0 saturated heterocycles. The van der Waals surface area contributed by atoms with Crippen LogP contribution in [0.1, 0.15) is 67.7 Å². The number of para-hydroxylation sites is 1. The fourth-order valence-electron chi connectivity index (χ4n) is 7.52. The molecule has 1 aliphatic carbocycles. The van der Waals surface area contributed by atoms with E-state index in [2.05, 4.69) is 36.6 Å². The topological polar surface area (TPSA) is 269 Å². The van der Waals surface area contributed by atoms with Crippen molar-refractivity contribution in [3.63, 3.8) is 0 Å². The van der Waals surface area contributed by atoms with Gasteiger partial charge in [0.2, 0.25) is 35.4 Å². The molecule has 3 aromatic carbocycles. The van der Waals surface area contributed by atoms with E-state index in [1.54, 1.807) is 30.5 Å². The van der Waals surface area contributed by atoms with Crippen molar-refractivity contribution in [1.29, 1.82) is 0 Å². The van der Waals surface area contributed by atoms with E-state index in [1.165, 1.54) is 0 Å². The first-order valence-corrected chi connectivity index (χ1v) is 20.9. The number of unbranched alkanes of at least 4 members (excludes halogenated alkanes) is 1. The maximum absolute atomic E-state index is 14.7. The minimum Gasteiger partial charge on any atom is -0.370 e. The number of rotatable bonds is 21. The first-order chi connectivity index (χ1) is 29.3. The number of amides is 6. The highest BCUT2D eigenvalue weighted by molar-refractivity contribution is 6.31. The number of benzene rings is 3. The molecule has 61 heavy (non-hydrogen) atoms. The molecule has 4 atom stereocenters. The Hall–Kier alpha value is -6.42. The molecule has 1 aromatic heterocycles. The van der Waals surface area contributed by atoms with Crippen molar-refractivity contribution >= 4 is 63.9 Å². The molecule has 0 saturated carbocycles. The number of nitrogens with zero attached hydrogens (tertiary/aromatic N) is 1. The van der Waals surface area contributed by atoms with Crippen molar-refractivity contribution in [2.45, 2.75) is 94.8 Å². The number of hydrogen-bond donors (Lipinski definition) is 9. The van der Waals surface area contributed by atoms with Crippen LogP contribution in [-0.4, -0.2) is 83.1 Å². The maximum atomic E-state index is 14.7. The third-order valence-corrected chi connectivity index (χ3v) is 11.1. The number of carbonyl (C=O) groups is 6. The zero-order valence-corrected chi connectivity index (χ0v) is 35.0. The lowest BCUT2D eigenvalue weighted by molar-refractivity contribution is -0.137. The summed E-state index contributed by atoms with van der Waals surface area (Å²) in [6, 6.07) is 18.3. The summed E-state index contributed by atoms with van der Waals surface area (Å²) in [6.45, 7) is 1.64. The number of halogens is 1. The van der Waals surface area contributed by atoms with Crippen molar-refractivity contribution in [2.24, 2.45) is 22.2 Å². The van der Waals surface area contributed by atoms with Gasteiger partial charge in [0.15, 0.2) is 5.96 Å². The van der Waals surface area contributed by atoms with Crippen molar-refractivity contribution in [1.82, 2.24) is 31.6 Å². The van der Waals surface area contributed by atoms with Gasteiger partial charge in [0, 0.05) is 54.4 Å². The Labute approximate surface area is 359 Å². The Morgan fingerprint density at radius 1 is 0.820 bits per heavy atom. The predicted molar refractivity (Wildman–Crippen MR) is 234 cm³/mol. The van der Waals surface area contributed by atoms with Crippen LogP contribution in [-0.2, 0) is 54.5 Å². The van der Waals surface area contributed by atoms with E-state index in [0.717, 1.165) is 39.6 Å². The Bertz CT molecular complexity index is 2230. The molecule has 0 fully saturated rings. The van der Waals surface area contributed by atoms with Gasteiger partial charge in [-0.3, -0.25) is 33.8 Å². The number of primary amides is 1.